The molecule has 0 unspecified atom stereocenters. The second kappa shape index (κ2) is 5.54. The number of nitrogens with one attached hydrogen (secondary N) is 1. The van der Waals surface area contributed by atoms with Gasteiger partial charge in [0.1, 0.15) is 0 Å². The topological polar surface area (TPSA) is 68.0 Å². The van der Waals surface area contributed by atoms with Gasteiger partial charge in [0.25, 0.3) is 5.91 Å². The van der Waals surface area contributed by atoms with Crippen LogP contribution in [0.25, 0.3) is 10.9 Å². The molecule has 104 valence electrons. The van der Waals surface area contributed by atoms with Crippen molar-refractivity contribution in [1.82, 2.24) is 4.98 Å². The number of para-hydroxylation sites is 1. The molecule has 1 heterocycles. The Bertz CT molecular complexity index is 833. The molecule has 0 aliphatic heterocycles. The van der Waals surface area contributed by atoms with Gasteiger partial charge in [-0.3, -0.25) is 9.78 Å². The summed E-state index contributed by atoms with van der Waals surface area (Å²) in [5, 5.41) is 3.81. The van der Waals surface area contributed by atoms with E-state index < -0.39 is 0 Å². The van der Waals surface area contributed by atoms with Crippen LogP contribution < -0.4 is 11.1 Å². The Hall–Kier alpha value is -2.40. The van der Waals surface area contributed by atoms with Gasteiger partial charge in [-0.2, -0.15) is 0 Å². The molecular weight excluding hydrogens is 330 g/mol. The van der Waals surface area contributed by atoms with Crippen molar-refractivity contribution >= 4 is 44.1 Å². The van der Waals surface area contributed by atoms with Gasteiger partial charge >= 0.3 is 0 Å². The third-order valence-corrected chi connectivity index (χ3v) is 3.80. The number of fused-ring (bicyclic) bond motifs is 1. The first-order chi connectivity index (χ1) is 10.1. The van der Waals surface area contributed by atoms with Crippen LogP contribution in [-0.4, -0.2) is 10.9 Å². The fourth-order valence-electron chi connectivity index (χ4n) is 2.01. The van der Waals surface area contributed by atoms with Crippen molar-refractivity contribution in [3.8, 4) is 0 Å². The quantitative estimate of drug-likeness (QED) is 0.696. The molecule has 21 heavy (non-hydrogen) atoms. The number of benzene rings is 2. The Kier molecular flexibility index (Phi) is 3.58. The van der Waals surface area contributed by atoms with Gasteiger partial charge in [-0.25, -0.2) is 0 Å². The van der Waals surface area contributed by atoms with Crippen molar-refractivity contribution < 1.29 is 4.79 Å². The molecule has 1 aromatic heterocycles. The van der Waals surface area contributed by atoms with E-state index in [-0.39, 0.29) is 5.91 Å². The van der Waals surface area contributed by atoms with E-state index in [1.165, 1.54) is 0 Å². The van der Waals surface area contributed by atoms with Crippen LogP contribution in [0.3, 0.4) is 0 Å². The molecule has 0 radical (unpaired) electrons. The molecule has 1 amide bonds. The number of nitrogen functional groups attached to an aromatic ring is 1. The number of hydrogen-bond donors (Lipinski definition) is 2. The predicted molar refractivity (Wildman–Crippen MR) is 88.3 cm³/mol. The molecule has 0 atom stereocenters. The van der Waals surface area contributed by atoms with E-state index in [1.54, 1.807) is 24.4 Å². The van der Waals surface area contributed by atoms with Gasteiger partial charge in [0.2, 0.25) is 0 Å². The Labute approximate surface area is 130 Å². The van der Waals surface area contributed by atoms with E-state index in [0.717, 1.165) is 10.9 Å². The first-order valence-electron chi connectivity index (χ1n) is 6.34. The maximum absolute atomic E-state index is 12.2. The number of rotatable bonds is 2. The van der Waals surface area contributed by atoms with Crippen LogP contribution in [0.4, 0.5) is 11.4 Å². The highest BCUT2D eigenvalue weighted by atomic mass is 79.9. The first kappa shape index (κ1) is 13.6. The van der Waals surface area contributed by atoms with Crippen molar-refractivity contribution in [2.24, 2.45) is 0 Å². The monoisotopic (exact) mass is 341 g/mol. The van der Waals surface area contributed by atoms with Crippen molar-refractivity contribution in [1.29, 1.82) is 0 Å². The van der Waals surface area contributed by atoms with Gasteiger partial charge in [0, 0.05) is 21.1 Å². The highest BCUT2D eigenvalue weighted by Crippen LogP contribution is 2.22. The average molecular weight is 342 g/mol. The fraction of sp³-hybridized carbons (Fsp3) is 0. The number of nitrogens with zero attached hydrogens (tertiary/aromatic N) is 1. The number of carbonyl (C=O) groups is 1. The average Bonchev–Trinajstić information content (AvgIpc) is 2.50. The second-order valence-electron chi connectivity index (χ2n) is 4.61. The predicted octanol–water partition coefficient (Wildman–Crippen LogP) is 3.83. The number of anilines is 2. The summed E-state index contributed by atoms with van der Waals surface area (Å²) in [7, 11) is 0. The molecule has 4 nitrogen and oxygen atoms in total. The van der Waals surface area contributed by atoms with Gasteiger partial charge in [-0.1, -0.05) is 18.2 Å². The molecular formula is C16H12BrN3O. The van der Waals surface area contributed by atoms with Crippen LogP contribution in [-0.2, 0) is 0 Å². The standard InChI is InChI=1S/C16H12BrN3O/c17-13-8-11(5-6-14(13)18)16(21)20-12-7-10-3-1-2-4-15(10)19-9-12/h1-9H,18H2,(H,20,21). The van der Waals surface area contributed by atoms with Crippen LogP contribution in [0.5, 0.6) is 0 Å². The van der Waals surface area contributed by atoms with E-state index >= 15 is 0 Å². The normalized spacial score (nSPS) is 10.5. The van der Waals surface area contributed by atoms with Crippen molar-refractivity contribution in [3.05, 3.63) is 64.8 Å². The summed E-state index contributed by atoms with van der Waals surface area (Å²) in [6.45, 7) is 0. The molecule has 5 heteroatoms. The summed E-state index contributed by atoms with van der Waals surface area (Å²) in [4.78, 5) is 16.5. The maximum atomic E-state index is 12.2. The summed E-state index contributed by atoms with van der Waals surface area (Å²) in [5.74, 6) is -0.201. The number of carbonyl (C=O) groups excluding carboxylic acids is 1. The molecule has 3 N–H and O–H groups in total. The number of nitrogens with two attached hydrogens (primary N) is 1. The molecule has 0 saturated heterocycles. The summed E-state index contributed by atoms with van der Waals surface area (Å²) in [5.41, 5.74) is 8.40. The van der Waals surface area contributed by atoms with Gasteiger partial charge in [0.15, 0.2) is 0 Å². The zero-order valence-corrected chi connectivity index (χ0v) is 12.6. The lowest BCUT2D eigenvalue weighted by molar-refractivity contribution is 0.102. The summed E-state index contributed by atoms with van der Waals surface area (Å²) < 4.78 is 0.701. The summed E-state index contributed by atoms with van der Waals surface area (Å²) in [6, 6.07) is 14.7. The number of aromatic nitrogens is 1. The molecule has 0 saturated carbocycles. The van der Waals surface area contributed by atoms with E-state index in [0.29, 0.717) is 21.4 Å². The highest BCUT2D eigenvalue weighted by molar-refractivity contribution is 9.10. The Morgan fingerprint density at radius 1 is 1.14 bits per heavy atom. The van der Waals surface area contributed by atoms with Gasteiger partial charge in [0.05, 0.1) is 17.4 Å². The number of hydrogen-bond acceptors (Lipinski definition) is 3. The fourth-order valence-corrected chi connectivity index (χ4v) is 2.39. The minimum Gasteiger partial charge on any atom is -0.398 e. The summed E-state index contributed by atoms with van der Waals surface area (Å²) in [6.07, 6.45) is 1.65. The SMILES string of the molecule is Nc1ccc(C(=O)Nc2cnc3ccccc3c2)cc1Br. The van der Waals surface area contributed by atoms with Crippen LogP contribution >= 0.6 is 15.9 Å². The third-order valence-electron chi connectivity index (χ3n) is 3.11. The highest BCUT2D eigenvalue weighted by Gasteiger charge is 2.08. The van der Waals surface area contributed by atoms with Crippen molar-refractivity contribution in [3.63, 3.8) is 0 Å². The number of halogens is 1. The number of amides is 1. The minimum absolute atomic E-state index is 0.201. The molecule has 0 spiro atoms. The zero-order valence-electron chi connectivity index (χ0n) is 11.0. The van der Waals surface area contributed by atoms with Crippen LogP contribution in [0, 0.1) is 0 Å². The van der Waals surface area contributed by atoms with E-state index in [2.05, 4.69) is 26.2 Å². The largest absolute Gasteiger partial charge is 0.398 e. The Morgan fingerprint density at radius 3 is 2.76 bits per heavy atom. The lowest BCUT2D eigenvalue weighted by Crippen LogP contribution is -2.12. The molecule has 0 aliphatic rings. The molecule has 3 aromatic rings. The minimum atomic E-state index is -0.201. The first-order valence-corrected chi connectivity index (χ1v) is 7.14. The van der Waals surface area contributed by atoms with Gasteiger partial charge in [-0.15, -0.1) is 0 Å². The van der Waals surface area contributed by atoms with Crippen LogP contribution in [0.15, 0.2) is 59.2 Å². The van der Waals surface area contributed by atoms with Gasteiger partial charge in [-0.05, 0) is 46.3 Å². The third kappa shape index (κ3) is 2.87. The molecule has 0 fully saturated rings. The Morgan fingerprint density at radius 2 is 1.95 bits per heavy atom. The smallest absolute Gasteiger partial charge is 0.255 e. The van der Waals surface area contributed by atoms with Crippen LogP contribution in [0.1, 0.15) is 10.4 Å². The molecule has 3 rings (SSSR count). The van der Waals surface area contributed by atoms with Crippen LogP contribution in [0.2, 0.25) is 0 Å². The van der Waals surface area contributed by atoms with E-state index in [1.807, 2.05) is 30.3 Å². The van der Waals surface area contributed by atoms with Crippen molar-refractivity contribution in [2.75, 3.05) is 11.1 Å². The molecule has 2 aromatic carbocycles. The van der Waals surface area contributed by atoms with E-state index in [4.69, 9.17) is 5.73 Å². The second-order valence-corrected chi connectivity index (χ2v) is 5.46. The lowest BCUT2D eigenvalue weighted by Gasteiger charge is -2.07. The molecule has 0 aliphatic carbocycles. The van der Waals surface area contributed by atoms with Gasteiger partial charge < -0.3 is 11.1 Å². The van der Waals surface area contributed by atoms with Crippen molar-refractivity contribution in [2.45, 2.75) is 0 Å². The Balaban J connectivity index is 1.87. The molecule has 0 bridgehead atoms. The number of pyridine rings is 1. The van der Waals surface area contributed by atoms with E-state index in [9.17, 15) is 4.79 Å². The maximum Gasteiger partial charge on any atom is 0.255 e. The zero-order chi connectivity index (χ0) is 14.8. The lowest BCUT2D eigenvalue weighted by atomic mass is 10.2. The summed E-state index contributed by atoms with van der Waals surface area (Å²) >= 11 is 3.31.